The van der Waals surface area contributed by atoms with Crippen molar-refractivity contribution in [1.82, 2.24) is 25.2 Å². The fourth-order valence-electron chi connectivity index (χ4n) is 2.84. The highest BCUT2D eigenvalue weighted by Gasteiger charge is 2.06. The van der Waals surface area contributed by atoms with Crippen LogP contribution in [0, 0.1) is 5.82 Å². The Morgan fingerprint density at radius 2 is 2.07 bits per heavy atom. The minimum atomic E-state index is -0.204. The second-order valence-corrected chi connectivity index (χ2v) is 7.25. The van der Waals surface area contributed by atoms with Crippen molar-refractivity contribution in [3.63, 3.8) is 0 Å². The first-order chi connectivity index (χ1) is 14.2. The lowest BCUT2D eigenvalue weighted by Crippen LogP contribution is -2.37. The molecule has 3 aromatic rings. The van der Waals surface area contributed by atoms with Crippen LogP contribution in [0.2, 0.25) is 0 Å². The van der Waals surface area contributed by atoms with E-state index in [1.807, 2.05) is 42.1 Å². The van der Waals surface area contributed by atoms with Crippen LogP contribution in [0.25, 0.3) is 5.82 Å². The van der Waals surface area contributed by atoms with Crippen molar-refractivity contribution in [3.8, 4) is 5.82 Å². The van der Waals surface area contributed by atoms with E-state index < -0.39 is 0 Å². The number of thioether (sulfide) groups is 1. The fourth-order valence-corrected chi connectivity index (χ4v) is 3.42. The number of aromatic nitrogens is 3. The summed E-state index contributed by atoms with van der Waals surface area (Å²) in [6.45, 7) is 3.88. The number of nitrogens with zero attached hydrogens (tertiary/aromatic N) is 4. The number of benzene rings is 1. The van der Waals surface area contributed by atoms with Crippen molar-refractivity contribution in [1.29, 1.82) is 0 Å². The zero-order chi connectivity index (χ0) is 20.5. The van der Waals surface area contributed by atoms with E-state index in [2.05, 4.69) is 25.6 Å². The summed E-state index contributed by atoms with van der Waals surface area (Å²) in [5.74, 6) is 2.09. The van der Waals surface area contributed by atoms with Gasteiger partial charge >= 0.3 is 0 Å². The van der Waals surface area contributed by atoms with Crippen molar-refractivity contribution >= 4 is 17.7 Å². The Labute approximate surface area is 174 Å². The third kappa shape index (κ3) is 6.05. The van der Waals surface area contributed by atoms with Crippen LogP contribution in [-0.2, 0) is 18.8 Å². The van der Waals surface area contributed by atoms with Gasteiger partial charge in [0.15, 0.2) is 5.96 Å². The molecule has 0 amide bonds. The largest absolute Gasteiger partial charge is 0.357 e. The molecule has 6 nitrogen and oxygen atoms in total. The summed E-state index contributed by atoms with van der Waals surface area (Å²) in [4.78, 5) is 13.1. The molecular weight excluding hydrogens is 387 g/mol. The molecule has 2 aromatic heterocycles. The van der Waals surface area contributed by atoms with E-state index in [4.69, 9.17) is 0 Å². The van der Waals surface area contributed by atoms with Gasteiger partial charge < -0.3 is 10.6 Å². The van der Waals surface area contributed by atoms with Crippen LogP contribution in [0.1, 0.15) is 23.6 Å². The van der Waals surface area contributed by atoms with Crippen molar-refractivity contribution < 1.29 is 4.39 Å². The first-order valence-corrected chi connectivity index (χ1v) is 10.8. The number of nitrogens with one attached hydrogen (secondary N) is 2. The number of pyridine rings is 1. The maximum absolute atomic E-state index is 13.6. The minimum Gasteiger partial charge on any atom is -0.357 e. The van der Waals surface area contributed by atoms with Gasteiger partial charge in [0.25, 0.3) is 0 Å². The van der Waals surface area contributed by atoms with Gasteiger partial charge in [-0.05, 0) is 54.1 Å². The monoisotopic (exact) mass is 412 g/mol. The molecule has 1 aromatic carbocycles. The quantitative estimate of drug-likeness (QED) is 0.438. The Hall–Kier alpha value is -2.87. The van der Waals surface area contributed by atoms with E-state index in [-0.39, 0.29) is 5.82 Å². The molecule has 3 rings (SSSR count). The summed E-state index contributed by atoms with van der Waals surface area (Å²) >= 11 is 1.68. The molecular formula is C21H25FN6S. The Kier molecular flexibility index (Phi) is 7.63. The van der Waals surface area contributed by atoms with Gasteiger partial charge in [-0.15, -0.1) is 0 Å². The standard InChI is InChI=1S/C21H25FN6S/c1-3-24-21(27-13-17-4-5-19(22)11-18(17)14-29-2)26-12-16-6-7-25-20(10-16)28-9-8-23-15-28/h4-11,15H,3,12-14H2,1-2H3,(H2,24,26,27). The van der Waals surface area contributed by atoms with Crippen LogP contribution in [0.5, 0.6) is 0 Å². The molecule has 0 fully saturated rings. The average molecular weight is 413 g/mol. The van der Waals surface area contributed by atoms with Crippen LogP contribution >= 0.6 is 11.8 Å². The molecule has 2 heterocycles. The Morgan fingerprint density at radius 3 is 2.83 bits per heavy atom. The Morgan fingerprint density at radius 1 is 1.17 bits per heavy atom. The van der Waals surface area contributed by atoms with Gasteiger partial charge in [0.1, 0.15) is 18.0 Å². The first kappa shape index (κ1) is 20.9. The van der Waals surface area contributed by atoms with Crippen LogP contribution in [0.4, 0.5) is 4.39 Å². The minimum absolute atomic E-state index is 0.204. The number of hydrogen-bond acceptors (Lipinski definition) is 4. The fraction of sp³-hybridized carbons (Fsp3) is 0.286. The van der Waals surface area contributed by atoms with Gasteiger partial charge in [0, 0.05) is 37.4 Å². The highest BCUT2D eigenvalue weighted by Crippen LogP contribution is 2.16. The van der Waals surface area contributed by atoms with E-state index in [0.29, 0.717) is 19.0 Å². The molecule has 2 N–H and O–H groups in total. The lowest BCUT2D eigenvalue weighted by molar-refractivity contribution is 0.625. The van der Waals surface area contributed by atoms with Gasteiger partial charge in [-0.1, -0.05) is 6.07 Å². The summed E-state index contributed by atoms with van der Waals surface area (Å²) in [7, 11) is 0. The van der Waals surface area contributed by atoms with E-state index in [1.165, 1.54) is 6.07 Å². The van der Waals surface area contributed by atoms with E-state index >= 15 is 0 Å². The van der Waals surface area contributed by atoms with Crippen molar-refractivity contribution in [2.45, 2.75) is 25.8 Å². The summed E-state index contributed by atoms with van der Waals surface area (Å²) in [6.07, 6.45) is 9.08. The zero-order valence-corrected chi connectivity index (χ0v) is 17.4. The first-order valence-electron chi connectivity index (χ1n) is 9.41. The number of aliphatic imine (C=N–C) groups is 1. The molecule has 0 aliphatic rings. The number of hydrogen-bond donors (Lipinski definition) is 2. The summed E-state index contributed by atoms with van der Waals surface area (Å²) in [5.41, 5.74) is 3.11. The van der Waals surface area contributed by atoms with Gasteiger partial charge in [-0.3, -0.25) is 4.57 Å². The molecule has 0 saturated heterocycles. The molecule has 0 aliphatic carbocycles. The molecule has 29 heavy (non-hydrogen) atoms. The third-order valence-electron chi connectivity index (χ3n) is 4.26. The Bertz CT molecular complexity index is 942. The maximum atomic E-state index is 13.6. The normalized spacial score (nSPS) is 11.5. The van der Waals surface area contributed by atoms with Crippen LogP contribution in [0.15, 0.2) is 60.2 Å². The highest BCUT2D eigenvalue weighted by atomic mass is 32.2. The van der Waals surface area contributed by atoms with Gasteiger partial charge in [-0.25, -0.2) is 19.4 Å². The number of imidazole rings is 1. The number of halogens is 1. The second-order valence-electron chi connectivity index (χ2n) is 6.39. The summed E-state index contributed by atoms with van der Waals surface area (Å²) < 4.78 is 15.4. The van der Waals surface area contributed by atoms with Crippen LogP contribution < -0.4 is 10.6 Å². The maximum Gasteiger partial charge on any atom is 0.191 e. The molecule has 0 bridgehead atoms. The van der Waals surface area contributed by atoms with Crippen LogP contribution in [0.3, 0.4) is 0 Å². The summed E-state index contributed by atoms with van der Waals surface area (Å²) in [6, 6.07) is 8.87. The number of rotatable bonds is 8. The van der Waals surface area contributed by atoms with Gasteiger partial charge in [0.2, 0.25) is 0 Å². The predicted molar refractivity (Wildman–Crippen MR) is 117 cm³/mol. The Balaban J connectivity index is 1.69. The second kappa shape index (κ2) is 10.6. The van der Waals surface area contributed by atoms with E-state index in [1.54, 1.807) is 36.5 Å². The third-order valence-corrected chi connectivity index (χ3v) is 4.86. The van der Waals surface area contributed by atoms with Crippen molar-refractivity contribution in [2.24, 2.45) is 4.99 Å². The molecule has 8 heteroatoms. The van der Waals surface area contributed by atoms with E-state index in [0.717, 1.165) is 34.8 Å². The lowest BCUT2D eigenvalue weighted by atomic mass is 10.1. The topological polar surface area (TPSA) is 67.1 Å². The smallest absolute Gasteiger partial charge is 0.191 e. The average Bonchev–Trinajstić information content (AvgIpc) is 3.27. The van der Waals surface area contributed by atoms with Gasteiger partial charge in [0.05, 0.1) is 6.54 Å². The lowest BCUT2D eigenvalue weighted by Gasteiger charge is -2.14. The SMILES string of the molecule is CCNC(=NCc1ccnc(-n2ccnc2)c1)NCc1ccc(F)cc1CSC. The molecule has 0 spiro atoms. The molecule has 0 saturated carbocycles. The van der Waals surface area contributed by atoms with Crippen molar-refractivity contribution in [3.05, 3.63) is 77.8 Å². The van der Waals surface area contributed by atoms with Crippen molar-refractivity contribution in [2.75, 3.05) is 12.8 Å². The summed E-state index contributed by atoms with van der Waals surface area (Å²) in [5, 5.41) is 6.60. The molecule has 152 valence electrons. The van der Waals surface area contributed by atoms with Gasteiger partial charge in [-0.2, -0.15) is 11.8 Å². The van der Waals surface area contributed by atoms with Crippen LogP contribution in [-0.4, -0.2) is 33.3 Å². The highest BCUT2D eigenvalue weighted by molar-refractivity contribution is 7.97. The molecule has 0 unspecified atom stereocenters. The predicted octanol–water partition coefficient (Wildman–Crippen LogP) is 3.52. The molecule has 0 atom stereocenters. The molecule has 0 aliphatic heterocycles. The number of guanidine groups is 1. The zero-order valence-electron chi connectivity index (χ0n) is 16.6. The molecule has 0 radical (unpaired) electrons. The van der Waals surface area contributed by atoms with E-state index in [9.17, 15) is 4.39 Å².